The predicted octanol–water partition coefficient (Wildman–Crippen LogP) is 2.38. The summed E-state index contributed by atoms with van der Waals surface area (Å²) in [7, 11) is 0. The molecule has 2 nitrogen and oxygen atoms in total. The molecule has 0 aromatic carbocycles. The first kappa shape index (κ1) is 11.4. The molecule has 2 unspecified atom stereocenters. The summed E-state index contributed by atoms with van der Waals surface area (Å²) in [6.07, 6.45) is 7.96. The molecule has 2 aliphatic heterocycles. The van der Waals surface area contributed by atoms with Gasteiger partial charge in [-0.05, 0) is 31.6 Å². The Morgan fingerprint density at radius 2 is 1.67 bits per heavy atom. The van der Waals surface area contributed by atoms with Crippen LogP contribution in [-0.4, -0.2) is 29.6 Å². The monoisotopic (exact) mass is 210 g/mol. The third kappa shape index (κ3) is 2.36. The maximum absolute atomic E-state index is 6.09. The minimum Gasteiger partial charge on any atom is -0.328 e. The van der Waals surface area contributed by atoms with E-state index in [1.54, 1.807) is 0 Å². The van der Waals surface area contributed by atoms with E-state index in [9.17, 15) is 0 Å². The summed E-state index contributed by atoms with van der Waals surface area (Å²) in [6.45, 7) is 5.98. The van der Waals surface area contributed by atoms with Crippen LogP contribution < -0.4 is 5.73 Å². The number of nitrogens with two attached hydrogens (primary N) is 1. The standard InChI is InChI=1S/C13H26N2/c1-3-10(4-2)9-15-12-5-6-13(15)8-11(14)7-12/h10-13H,3-9,14H2,1-2H3. The molecule has 2 fully saturated rings. The second-order valence-electron chi connectivity index (χ2n) is 5.50. The van der Waals surface area contributed by atoms with Gasteiger partial charge in [-0.2, -0.15) is 0 Å². The molecular formula is C13H26N2. The molecule has 0 amide bonds. The summed E-state index contributed by atoms with van der Waals surface area (Å²) >= 11 is 0. The first-order valence-corrected chi connectivity index (χ1v) is 6.75. The van der Waals surface area contributed by atoms with Gasteiger partial charge in [0.25, 0.3) is 0 Å². The highest BCUT2D eigenvalue weighted by Gasteiger charge is 2.39. The lowest BCUT2D eigenvalue weighted by Gasteiger charge is -2.39. The molecule has 88 valence electrons. The van der Waals surface area contributed by atoms with Gasteiger partial charge in [0.05, 0.1) is 0 Å². The number of hydrogen-bond acceptors (Lipinski definition) is 2. The molecule has 2 aliphatic rings. The lowest BCUT2D eigenvalue weighted by molar-refractivity contribution is 0.104. The van der Waals surface area contributed by atoms with Gasteiger partial charge in [-0.15, -0.1) is 0 Å². The molecule has 2 atom stereocenters. The van der Waals surface area contributed by atoms with Crippen molar-refractivity contribution in [2.75, 3.05) is 6.54 Å². The number of rotatable bonds is 4. The van der Waals surface area contributed by atoms with Crippen molar-refractivity contribution in [1.82, 2.24) is 4.90 Å². The van der Waals surface area contributed by atoms with Gasteiger partial charge >= 0.3 is 0 Å². The number of fused-ring (bicyclic) bond motifs is 2. The van der Waals surface area contributed by atoms with Crippen molar-refractivity contribution < 1.29 is 0 Å². The van der Waals surface area contributed by atoms with Crippen LogP contribution in [0.5, 0.6) is 0 Å². The van der Waals surface area contributed by atoms with E-state index >= 15 is 0 Å². The predicted molar refractivity (Wildman–Crippen MR) is 64.8 cm³/mol. The fourth-order valence-corrected chi connectivity index (χ4v) is 3.46. The van der Waals surface area contributed by atoms with Gasteiger partial charge < -0.3 is 5.73 Å². The highest BCUT2D eigenvalue weighted by Crippen LogP contribution is 2.35. The molecule has 2 heterocycles. The summed E-state index contributed by atoms with van der Waals surface area (Å²) < 4.78 is 0. The number of piperidine rings is 1. The van der Waals surface area contributed by atoms with Crippen LogP contribution in [0.4, 0.5) is 0 Å². The minimum atomic E-state index is 0.487. The molecule has 0 aromatic heterocycles. The highest BCUT2D eigenvalue weighted by molar-refractivity contribution is 4.96. The van der Waals surface area contributed by atoms with Crippen LogP contribution in [0, 0.1) is 5.92 Å². The van der Waals surface area contributed by atoms with E-state index in [0.29, 0.717) is 6.04 Å². The molecule has 0 spiro atoms. The smallest absolute Gasteiger partial charge is 0.0114 e. The van der Waals surface area contributed by atoms with Crippen molar-refractivity contribution in [3.8, 4) is 0 Å². The van der Waals surface area contributed by atoms with E-state index in [2.05, 4.69) is 18.7 Å². The quantitative estimate of drug-likeness (QED) is 0.772. The van der Waals surface area contributed by atoms with E-state index in [4.69, 9.17) is 5.73 Å². The van der Waals surface area contributed by atoms with Crippen molar-refractivity contribution >= 4 is 0 Å². The second-order valence-corrected chi connectivity index (χ2v) is 5.50. The van der Waals surface area contributed by atoms with Crippen LogP contribution in [-0.2, 0) is 0 Å². The zero-order valence-corrected chi connectivity index (χ0v) is 10.3. The van der Waals surface area contributed by atoms with Crippen LogP contribution >= 0.6 is 0 Å². The molecule has 0 saturated carbocycles. The lowest BCUT2D eigenvalue weighted by atomic mass is 9.95. The second kappa shape index (κ2) is 4.84. The van der Waals surface area contributed by atoms with Gasteiger partial charge in [-0.1, -0.05) is 26.7 Å². The van der Waals surface area contributed by atoms with Gasteiger partial charge in [0, 0.05) is 24.7 Å². The molecule has 2 rings (SSSR count). The molecule has 2 bridgehead atoms. The maximum Gasteiger partial charge on any atom is 0.0114 e. The molecular weight excluding hydrogens is 184 g/mol. The number of hydrogen-bond donors (Lipinski definition) is 1. The zero-order valence-electron chi connectivity index (χ0n) is 10.3. The van der Waals surface area contributed by atoms with Crippen molar-refractivity contribution in [2.24, 2.45) is 11.7 Å². The average molecular weight is 210 g/mol. The Kier molecular flexibility index (Phi) is 3.68. The molecule has 15 heavy (non-hydrogen) atoms. The summed E-state index contributed by atoms with van der Waals surface area (Å²) in [6, 6.07) is 2.12. The Balaban J connectivity index is 1.93. The maximum atomic E-state index is 6.09. The molecule has 2 N–H and O–H groups in total. The van der Waals surface area contributed by atoms with Gasteiger partial charge in [0.15, 0.2) is 0 Å². The molecule has 2 heteroatoms. The normalized spacial score (nSPS) is 36.4. The number of nitrogens with zero attached hydrogens (tertiary/aromatic N) is 1. The van der Waals surface area contributed by atoms with Gasteiger partial charge in [-0.25, -0.2) is 0 Å². The summed E-state index contributed by atoms with van der Waals surface area (Å²) in [4.78, 5) is 2.78. The van der Waals surface area contributed by atoms with Gasteiger partial charge in [0.2, 0.25) is 0 Å². The topological polar surface area (TPSA) is 29.3 Å². The van der Waals surface area contributed by atoms with Crippen molar-refractivity contribution in [3.63, 3.8) is 0 Å². The summed E-state index contributed by atoms with van der Waals surface area (Å²) in [5.41, 5.74) is 6.09. The Morgan fingerprint density at radius 1 is 1.13 bits per heavy atom. The minimum absolute atomic E-state index is 0.487. The van der Waals surface area contributed by atoms with E-state index in [1.807, 2.05) is 0 Å². The summed E-state index contributed by atoms with van der Waals surface area (Å²) in [5.74, 6) is 0.905. The van der Waals surface area contributed by atoms with Crippen LogP contribution in [0.15, 0.2) is 0 Å². The van der Waals surface area contributed by atoms with Crippen LogP contribution in [0.2, 0.25) is 0 Å². The first-order valence-electron chi connectivity index (χ1n) is 6.75. The zero-order chi connectivity index (χ0) is 10.8. The lowest BCUT2D eigenvalue weighted by Crippen LogP contribution is -2.48. The Bertz CT molecular complexity index is 187. The van der Waals surface area contributed by atoms with E-state index in [0.717, 1.165) is 18.0 Å². The molecule has 0 aromatic rings. The summed E-state index contributed by atoms with van der Waals surface area (Å²) in [5, 5.41) is 0. The van der Waals surface area contributed by atoms with Crippen molar-refractivity contribution in [1.29, 1.82) is 0 Å². The Hall–Kier alpha value is -0.0800. The SMILES string of the molecule is CCC(CC)CN1C2CCC1CC(N)C2. The van der Waals surface area contributed by atoms with E-state index < -0.39 is 0 Å². The molecule has 0 radical (unpaired) electrons. The first-order chi connectivity index (χ1) is 7.24. The third-order valence-electron chi connectivity index (χ3n) is 4.54. The Morgan fingerprint density at radius 3 is 2.13 bits per heavy atom. The van der Waals surface area contributed by atoms with Crippen molar-refractivity contribution in [3.05, 3.63) is 0 Å². The van der Waals surface area contributed by atoms with Crippen LogP contribution in [0.1, 0.15) is 52.4 Å². The third-order valence-corrected chi connectivity index (χ3v) is 4.54. The van der Waals surface area contributed by atoms with E-state index in [1.165, 1.54) is 45.1 Å². The Labute approximate surface area is 94.2 Å². The fraction of sp³-hybridized carbons (Fsp3) is 1.00. The fourth-order valence-electron chi connectivity index (χ4n) is 3.46. The molecule has 0 aliphatic carbocycles. The van der Waals surface area contributed by atoms with Crippen molar-refractivity contribution in [2.45, 2.75) is 70.5 Å². The van der Waals surface area contributed by atoms with Crippen LogP contribution in [0.25, 0.3) is 0 Å². The highest BCUT2D eigenvalue weighted by atomic mass is 15.2. The molecule has 2 saturated heterocycles. The van der Waals surface area contributed by atoms with Gasteiger partial charge in [-0.3, -0.25) is 4.90 Å². The van der Waals surface area contributed by atoms with Crippen LogP contribution in [0.3, 0.4) is 0 Å². The largest absolute Gasteiger partial charge is 0.328 e. The average Bonchev–Trinajstić information content (AvgIpc) is 2.47. The van der Waals surface area contributed by atoms with E-state index in [-0.39, 0.29) is 0 Å². The van der Waals surface area contributed by atoms with Gasteiger partial charge in [0.1, 0.15) is 0 Å².